The number of imidazole rings is 1. The van der Waals surface area contributed by atoms with E-state index in [1.807, 2.05) is 6.20 Å². The van der Waals surface area contributed by atoms with Crippen molar-refractivity contribution < 1.29 is 4.74 Å². The van der Waals surface area contributed by atoms with Crippen molar-refractivity contribution in [3.63, 3.8) is 0 Å². The Morgan fingerprint density at radius 1 is 1.26 bits per heavy atom. The summed E-state index contributed by atoms with van der Waals surface area (Å²) in [5.74, 6) is 0.952. The lowest BCUT2D eigenvalue weighted by molar-refractivity contribution is 0.0745. The summed E-state index contributed by atoms with van der Waals surface area (Å²) in [5.41, 5.74) is 4.85. The minimum Gasteiger partial charge on any atom is -0.378 e. The molecule has 1 atom stereocenters. The molecule has 100 valence electrons. The van der Waals surface area contributed by atoms with Gasteiger partial charge in [0.1, 0.15) is 5.82 Å². The van der Waals surface area contributed by atoms with E-state index >= 15 is 0 Å². The summed E-state index contributed by atoms with van der Waals surface area (Å²) >= 11 is 0. The number of aromatic amines is 1. The maximum atomic E-state index is 5.46. The van der Waals surface area contributed by atoms with Gasteiger partial charge in [-0.05, 0) is 36.6 Å². The van der Waals surface area contributed by atoms with Crippen LogP contribution in [0.4, 0.5) is 0 Å². The lowest BCUT2D eigenvalue weighted by Crippen LogP contribution is -2.35. The van der Waals surface area contributed by atoms with Crippen LogP contribution in [0.3, 0.4) is 0 Å². The van der Waals surface area contributed by atoms with Crippen LogP contribution >= 0.6 is 0 Å². The summed E-state index contributed by atoms with van der Waals surface area (Å²) in [6, 6.07) is 6.64. The highest BCUT2D eigenvalue weighted by Crippen LogP contribution is 2.22. The van der Waals surface area contributed by atoms with Crippen molar-refractivity contribution in [3.05, 3.63) is 41.3 Å². The van der Waals surface area contributed by atoms with E-state index in [1.54, 1.807) is 0 Å². The summed E-state index contributed by atoms with van der Waals surface area (Å²) < 4.78 is 5.46. The topological polar surface area (TPSA) is 49.9 Å². The third-order valence-corrected chi connectivity index (χ3v) is 3.67. The van der Waals surface area contributed by atoms with E-state index < -0.39 is 0 Å². The molecule has 1 aliphatic heterocycles. The van der Waals surface area contributed by atoms with Crippen LogP contribution in [0.25, 0.3) is 11.3 Å². The van der Waals surface area contributed by atoms with E-state index in [1.165, 1.54) is 16.7 Å². The van der Waals surface area contributed by atoms with E-state index in [-0.39, 0.29) is 6.04 Å². The molecule has 1 unspecified atom stereocenters. The average molecular weight is 257 g/mol. The van der Waals surface area contributed by atoms with Crippen molar-refractivity contribution in [1.29, 1.82) is 0 Å². The molecule has 2 heterocycles. The zero-order valence-electron chi connectivity index (χ0n) is 11.4. The molecule has 1 aliphatic rings. The quantitative estimate of drug-likeness (QED) is 0.868. The SMILES string of the molecule is Cc1ccc(-c2cnc(C3COCCN3)[nH]2)cc1C. The summed E-state index contributed by atoms with van der Waals surface area (Å²) in [6.45, 7) is 6.60. The Kier molecular flexibility index (Phi) is 3.36. The third kappa shape index (κ3) is 2.55. The molecule has 0 spiro atoms. The molecule has 1 saturated heterocycles. The van der Waals surface area contributed by atoms with Gasteiger partial charge in [-0.3, -0.25) is 0 Å². The number of rotatable bonds is 2. The Morgan fingerprint density at radius 3 is 2.89 bits per heavy atom. The normalized spacial score (nSPS) is 19.6. The Morgan fingerprint density at radius 2 is 2.16 bits per heavy atom. The second kappa shape index (κ2) is 5.15. The molecule has 4 nitrogen and oxygen atoms in total. The number of aryl methyl sites for hydroxylation is 2. The summed E-state index contributed by atoms with van der Waals surface area (Å²) in [6.07, 6.45) is 1.90. The van der Waals surface area contributed by atoms with Gasteiger partial charge in [0.15, 0.2) is 0 Å². The molecule has 4 heteroatoms. The van der Waals surface area contributed by atoms with E-state index in [0.29, 0.717) is 6.61 Å². The Labute approximate surface area is 113 Å². The van der Waals surface area contributed by atoms with Crippen LogP contribution in [0.5, 0.6) is 0 Å². The van der Waals surface area contributed by atoms with E-state index in [4.69, 9.17) is 4.74 Å². The van der Waals surface area contributed by atoms with Gasteiger partial charge >= 0.3 is 0 Å². The lowest BCUT2D eigenvalue weighted by Gasteiger charge is -2.21. The van der Waals surface area contributed by atoms with Crippen LogP contribution in [0.2, 0.25) is 0 Å². The van der Waals surface area contributed by atoms with Crippen molar-refractivity contribution in [1.82, 2.24) is 15.3 Å². The molecular weight excluding hydrogens is 238 g/mol. The van der Waals surface area contributed by atoms with Gasteiger partial charge in [-0.1, -0.05) is 12.1 Å². The Hall–Kier alpha value is -1.65. The third-order valence-electron chi connectivity index (χ3n) is 3.67. The number of H-pyrrole nitrogens is 1. The maximum Gasteiger partial charge on any atom is 0.126 e. The molecule has 1 aromatic heterocycles. The monoisotopic (exact) mass is 257 g/mol. The van der Waals surface area contributed by atoms with Crippen molar-refractivity contribution in [2.75, 3.05) is 19.8 Å². The average Bonchev–Trinajstić information content (AvgIpc) is 2.93. The predicted octanol–water partition coefficient (Wildman–Crippen LogP) is 2.35. The first-order chi connectivity index (χ1) is 9.24. The highest BCUT2D eigenvalue weighted by atomic mass is 16.5. The minimum atomic E-state index is 0.175. The number of ether oxygens (including phenoxy) is 1. The largest absolute Gasteiger partial charge is 0.378 e. The molecule has 1 aromatic carbocycles. The van der Waals surface area contributed by atoms with Crippen LogP contribution < -0.4 is 5.32 Å². The smallest absolute Gasteiger partial charge is 0.126 e. The molecule has 2 aromatic rings. The summed E-state index contributed by atoms with van der Waals surface area (Å²) in [7, 11) is 0. The van der Waals surface area contributed by atoms with Crippen LogP contribution in [0.15, 0.2) is 24.4 Å². The van der Waals surface area contributed by atoms with Gasteiger partial charge in [0.05, 0.1) is 31.1 Å². The fraction of sp³-hybridized carbons (Fsp3) is 0.400. The van der Waals surface area contributed by atoms with Crippen LogP contribution in [0, 0.1) is 13.8 Å². The number of nitrogens with zero attached hydrogens (tertiary/aromatic N) is 1. The maximum absolute atomic E-state index is 5.46. The molecule has 0 bridgehead atoms. The highest BCUT2D eigenvalue weighted by molar-refractivity contribution is 5.60. The molecule has 3 rings (SSSR count). The van der Waals surface area contributed by atoms with Gasteiger partial charge in [0, 0.05) is 6.54 Å². The molecule has 2 N–H and O–H groups in total. The second-order valence-corrected chi connectivity index (χ2v) is 5.06. The molecule has 0 saturated carbocycles. The number of nitrogens with one attached hydrogen (secondary N) is 2. The van der Waals surface area contributed by atoms with Crippen LogP contribution in [0.1, 0.15) is 23.0 Å². The molecule has 0 radical (unpaired) electrons. The fourth-order valence-corrected chi connectivity index (χ4v) is 2.31. The summed E-state index contributed by atoms with van der Waals surface area (Å²) in [5, 5.41) is 3.40. The Balaban J connectivity index is 1.85. The second-order valence-electron chi connectivity index (χ2n) is 5.06. The first kappa shape index (κ1) is 12.4. The predicted molar refractivity (Wildman–Crippen MR) is 75.1 cm³/mol. The van der Waals surface area contributed by atoms with Crippen molar-refractivity contribution in [3.8, 4) is 11.3 Å². The van der Waals surface area contributed by atoms with Gasteiger partial charge in [-0.25, -0.2) is 4.98 Å². The molecule has 0 aliphatic carbocycles. The van der Waals surface area contributed by atoms with Crippen molar-refractivity contribution in [2.45, 2.75) is 19.9 Å². The zero-order chi connectivity index (χ0) is 13.2. The molecule has 0 amide bonds. The fourth-order valence-electron chi connectivity index (χ4n) is 2.31. The lowest BCUT2D eigenvalue weighted by atomic mass is 10.0. The van der Waals surface area contributed by atoms with Gasteiger partial charge in [-0.15, -0.1) is 0 Å². The van der Waals surface area contributed by atoms with E-state index in [0.717, 1.165) is 24.7 Å². The van der Waals surface area contributed by atoms with Crippen LogP contribution in [-0.2, 0) is 4.74 Å². The number of benzene rings is 1. The zero-order valence-corrected chi connectivity index (χ0v) is 11.4. The van der Waals surface area contributed by atoms with E-state index in [2.05, 4.69) is 47.3 Å². The molecule has 1 fully saturated rings. The van der Waals surface area contributed by atoms with Crippen LogP contribution in [-0.4, -0.2) is 29.7 Å². The number of morpholine rings is 1. The highest BCUT2D eigenvalue weighted by Gasteiger charge is 2.18. The van der Waals surface area contributed by atoms with Gasteiger partial charge in [-0.2, -0.15) is 0 Å². The number of aromatic nitrogens is 2. The van der Waals surface area contributed by atoms with Crippen molar-refractivity contribution in [2.24, 2.45) is 0 Å². The van der Waals surface area contributed by atoms with Gasteiger partial charge < -0.3 is 15.0 Å². The molecular formula is C15H19N3O. The first-order valence-electron chi connectivity index (χ1n) is 6.68. The number of hydrogen-bond acceptors (Lipinski definition) is 3. The van der Waals surface area contributed by atoms with Gasteiger partial charge in [0.2, 0.25) is 0 Å². The standard InChI is InChI=1S/C15H19N3O/c1-10-3-4-12(7-11(10)2)13-8-17-15(18-13)14-9-19-6-5-16-14/h3-4,7-8,14,16H,5-6,9H2,1-2H3,(H,17,18). The Bertz CT molecular complexity index is 571. The molecule has 19 heavy (non-hydrogen) atoms. The minimum absolute atomic E-state index is 0.175. The number of hydrogen-bond donors (Lipinski definition) is 2. The van der Waals surface area contributed by atoms with E-state index in [9.17, 15) is 0 Å². The first-order valence-corrected chi connectivity index (χ1v) is 6.68. The van der Waals surface area contributed by atoms with Gasteiger partial charge in [0.25, 0.3) is 0 Å². The van der Waals surface area contributed by atoms with Crippen molar-refractivity contribution >= 4 is 0 Å². The summed E-state index contributed by atoms with van der Waals surface area (Å²) in [4.78, 5) is 7.86.